The monoisotopic (exact) mass is 268 g/mol. The van der Waals surface area contributed by atoms with E-state index in [0.29, 0.717) is 18.1 Å². The maximum absolute atomic E-state index is 10.4. The van der Waals surface area contributed by atoms with Gasteiger partial charge in [0.1, 0.15) is 6.10 Å². The van der Waals surface area contributed by atoms with E-state index in [-0.39, 0.29) is 12.0 Å². The quantitative estimate of drug-likeness (QED) is 0.826. The van der Waals surface area contributed by atoms with Crippen molar-refractivity contribution in [3.63, 3.8) is 0 Å². The first-order chi connectivity index (χ1) is 9.04. The lowest BCUT2D eigenvalue weighted by Crippen LogP contribution is -2.27. The van der Waals surface area contributed by atoms with Crippen LogP contribution in [0.15, 0.2) is 18.2 Å². The number of ether oxygens (including phenoxy) is 3. The third kappa shape index (κ3) is 3.85. The Kier molecular flexibility index (Phi) is 6.12. The van der Waals surface area contributed by atoms with Crippen molar-refractivity contribution in [2.75, 3.05) is 20.8 Å². The van der Waals surface area contributed by atoms with Gasteiger partial charge in [0.05, 0.1) is 20.3 Å². The lowest BCUT2D eigenvalue weighted by molar-refractivity contribution is -0.0586. The molecule has 0 saturated carbocycles. The molecule has 4 nitrogen and oxygen atoms in total. The first-order valence-electron chi connectivity index (χ1n) is 6.56. The van der Waals surface area contributed by atoms with Crippen LogP contribution in [0.4, 0.5) is 0 Å². The zero-order chi connectivity index (χ0) is 14.4. The summed E-state index contributed by atoms with van der Waals surface area (Å²) >= 11 is 0. The number of hydrogen-bond donors (Lipinski definition) is 1. The van der Waals surface area contributed by atoms with Crippen LogP contribution in [0.2, 0.25) is 0 Å². The van der Waals surface area contributed by atoms with Crippen LogP contribution in [-0.4, -0.2) is 32.0 Å². The Morgan fingerprint density at radius 1 is 1.11 bits per heavy atom. The molecule has 0 aliphatic heterocycles. The van der Waals surface area contributed by atoms with Gasteiger partial charge in [-0.05, 0) is 30.5 Å². The van der Waals surface area contributed by atoms with E-state index in [9.17, 15) is 5.11 Å². The number of rotatable bonds is 7. The molecule has 19 heavy (non-hydrogen) atoms. The highest BCUT2D eigenvalue weighted by molar-refractivity contribution is 5.43. The molecule has 0 heterocycles. The molecule has 0 spiro atoms. The number of aliphatic hydroxyl groups is 1. The summed E-state index contributed by atoms with van der Waals surface area (Å²) < 4.78 is 16.1. The average Bonchev–Trinajstić information content (AvgIpc) is 2.42. The van der Waals surface area contributed by atoms with Gasteiger partial charge in [0.25, 0.3) is 0 Å². The molecule has 0 radical (unpaired) electrons. The average molecular weight is 268 g/mol. The summed E-state index contributed by atoms with van der Waals surface area (Å²) in [7, 11) is 3.17. The van der Waals surface area contributed by atoms with E-state index in [4.69, 9.17) is 14.2 Å². The minimum atomic E-state index is -0.681. The Hall–Kier alpha value is -1.26. The Labute approximate surface area is 115 Å². The van der Waals surface area contributed by atoms with E-state index in [1.54, 1.807) is 26.4 Å². The largest absolute Gasteiger partial charge is 0.493 e. The topological polar surface area (TPSA) is 47.9 Å². The zero-order valence-corrected chi connectivity index (χ0v) is 12.3. The van der Waals surface area contributed by atoms with Crippen molar-refractivity contribution < 1.29 is 19.3 Å². The molecule has 0 fully saturated rings. The third-order valence-electron chi connectivity index (χ3n) is 3.08. The minimum Gasteiger partial charge on any atom is -0.493 e. The van der Waals surface area contributed by atoms with Gasteiger partial charge in [-0.25, -0.2) is 0 Å². The molecule has 0 bridgehead atoms. The molecule has 1 aromatic rings. The van der Waals surface area contributed by atoms with Gasteiger partial charge in [-0.1, -0.05) is 19.9 Å². The van der Waals surface area contributed by atoms with Crippen LogP contribution in [0.3, 0.4) is 0 Å². The number of hydrogen-bond acceptors (Lipinski definition) is 4. The van der Waals surface area contributed by atoms with Crippen LogP contribution in [0.1, 0.15) is 32.4 Å². The van der Waals surface area contributed by atoms with Crippen LogP contribution in [-0.2, 0) is 4.74 Å². The van der Waals surface area contributed by atoms with Crippen LogP contribution in [0.5, 0.6) is 11.5 Å². The smallest absolute Gasteiger partial charge is 0.161 e. The molecular formula is C15H24O4. The van der Waals surface area contributed by atoms with Crippen LogP contribution in [0.25, 0.3) is 0 Å². The Morgan fingerprint density at radius 3 is 2.21 bits per heavy atom. The van der Waals surface area contributed by atoms with Crippen LogP contribution >= 0.6 is 0 Å². The summed E-state index contributed by atoms with van der Waals surface area (Å²) in [6.45, 7) is 6.57. The van der Waals surface area contributed by atoms with Crippen molar-refractivity contribution in [3.05, 3.63) is 23.8 Å². The Bertz CT molecular complexity index is 390. The summed E-state index contributed by atoms with van der Waals surface area (Å²) in [5.74, 6) is 1.48. The molecule has 0 aliphatic carbocycles. The van der Waals surface area contributed by atoms with Gasteiger partial charge < -0.3 is 19.3 Å². The van der Waals surface area contributed by atoms with Gasteiger partial charge in [-0.15, -0.1) is 0 Å². The van der Waals surface area contributed by atoms with E-state index in [2.05, 4.69) is 0 Å². The van der Waals surface area contributed by atoms with E-state index < -0.39 is 6.10 Å². The molecule has 4 heteroatoms. The Morgan fingerprint density at radius 2 is 1.74 bits per heavy atom. The van der Waals surface area contributed by atoms with Crippen molar-refractivity contribution in [1.29, 1.82) is 0 Å². The molecule has 0 aliphatic rings. The van der Waals surface area contributed by atoms with E-state index in [1.807, 2.05) is 26.8 Å². The maximum Gasteiger partial charge on any atom is 0.161 e. The molecule has 0 saturated heterocycles. The fourth-order valence-corrected chi connectivity index (χ4v) is 2.07. The molecule has 1 rings (SSSR count). The number of benzene rings is 1. The third-order valence-corrected chi connectivity index (χ3v) is 3.08. The second-order valence-electron chi connectivity index (χ2n) is 4.72. The molecule has 1 aromatic carbocycles. The fourth-order valence-electron chi connectivity index (χ4n) is 2.07. The first kappa shape index (κ1) is 15.8. The lowest BCUT2D eigenvalue weighted by atomic mass is 9.95. The van der Waals surface area contributed by atoms with Gasteiger partial charge >= 0.3 is 0 Å². The molecule has 108 valence electrons. The standard InChI is InChI=1S/C15H24O4/c1-6-19-15(10(2)3)14(16)11-7-8-12(17-4)13(9-11)18-5/h7-10,14-16H,6H2,1-5H3. The van der Waals surface area contributed by atoms with Gasteiger partial charge in [0.15, 0.2) is 11.5 Å². The van der Waals surface area contributed by atoms with Gasteiger partial charge in [-0.3, -0.25) is 0 Å². The number of methoxy groups -OCH3 is 2. The van der Waals surface area contributed by atoms with Crippen molar-refractivity contribution in [3.8, 4) is 11.5 Å². The van der Waals surface area contributed by atoms with E-state index >= 15 is 0 Å². The summed E-state index contributed by atoms with van der Waals surface area (Å²) in [5.41, 5.74) is 0.768. The fraction of sp³-hybridized carbons (Fsp3) is 0.600. The normalized spacial score (nSPS) is 14.3. The van der Waals surface area contributed by atoms with Crippen molar-refractivity contribution in [2.24, 2.45) is 5.92 Å². The number of aliphatic hydroxyl groups excluding tert-OH is 1. The predicted octanol–water partition coefficient (Wildman–Crippen LogP) is 2.80. The molecule has 1 N–H and O–H groups in total. The molecule has 2 atom stereocenters. The highest BCUT2D eigenvalue weighted by atomic mass is 16.5. The molecule has 0 aromatic heterocycles. The van der Waals surface area contributed by atoms with Crippen molar-refractivity contribution in [2.45, 2.75) is 33.0 Å². The second-order valence-corrected chi connectivity index (χ2v) is 4.72. The van der Waals surface area contributed by atoms with Crippen LogP contribution in [0, 0.1) is 5.92 Å². The highest BCUT2D eigenvalue weighted by Crippen LogP contribution is 2.32. The maximum atomic E-state index is 10.4. The Balaban J connectivity index is 3.00. The lowest BCUT2D eigenvalue weighted by Gasteiger charge is -2.26. The summed E-state index contributed by atoms with van der Waals surface area (Å²) in [6, 6.07) is 5.42. The van der Waals surface area contributed by atoms with E-state index in [1.165, 1.54) is 0 Å². The van der Waals surface area contributed by atoms with Crippen molar-refractivity contribution >= 4 is 0 Å². The van der Waals surface area contributed by atoms with Gasteiger partial charge in [0, 0.05) is 6.61 Å². The highest BCUT2D eigenvalue weighted by Gasteiger charge is 2.25. The van der Waals surface area contributed by atoms with Crippen LogP contribution < -0.4 is 9.47 Å². The van der Waals surface area contributed by atoms with Crippen molar-refractivity contribution in [1.82, 2.24) is 0 Å². The predicted molar refractivity (Wildman–Crippen MR) is 74.8 cm³/mol. The van der Waals surface area contributed by atoms with E-state index in [0.717, 1.165) is 5.56 Å². The molecule has 0 amide bonds. The summed E-state index contributed by atoms with van der Waals surface area (Å²) in [5, 5.41) is 10.4. The minimum absolute atomic E-state index is 0.225. The molecular weight excluding hydrogens is 244 g/mol. The zero-order valence-electron chi connectivity index (χ0n) is 12.3. The summed E-state index contributed by atoms with van der Waals surface area (Å²) in [6.07, 6.45) is -0.914. The second kappa shape index (κ2) is 7.36. The first-order valence-corrected chi connectivity index (χ1v) is 6.56. The molecule has 2 unspecified atom stereocenters. The summed E-state index contributed by atoms with van der Waals surface area (Å²) in [4.78, 5) is 0. The van der Waals surface area contributed by atoms with Gasteiger partial charge in [0.2, 0.25) is 0 Å². The van der Waals surface area contributed by atoms with Gasteiger partial charge in [-0.2, -0.15) is 0 Å². The SMILES string of the molecule is CCOC(C(C)C)C(O)c1ccc(OC)c(OC)c1.